The van der Waals surface area contributed by atoms with E-state index >= 15 is 0 Å². The topological polar surface area (TPSA) is 103 Å². The molecule has 0 bridgehead atoms. The van der Waals surface area contributed by atoms with Gasteiger partial charge in [-0.15, -0.1) is 0 Å². The number of anilines is 2. The van der Waals surface area contributed by atoms with Gasteiger partial charge in [-0.05, 0) is 31.5 Å². The van der Waals surface area contributed by atoms with Crippen LogP contribution in [0.2, 0.25) is 0 Å². The predicted octanol–water partition coefficient (Wildman–Crippen LogP) is 3.39. The Kier molecular flexibility index (Phi) is 8.68. The van der Waals surface area contributed by atoms with Crippen molar-refractivity contribution in [3.8, 4) is 0 Å². The summed E-state index contributed by atoms with van der Waals surface area (Å²) in [5.41, 5.74) is 2.02. The molecule has 2 aromatic carbocycles. The number of hydrogen-bond acceptors (Lipinski definition) is 3. The molecule has 2 aromatic rings. The van der Waals surface area contributed by atoms with Crippen LogP contribution in [-0.2, 0) is 11.3 Å². The van der Waals surface area contributed by atoms with Crippen molar-refractivity contribution in [2.45, 2.75) is 32.9 Å². The Morgan fingerprint density at radius 2 is 1.50 bits per heavy atom. The van der Waals surface area contributed by atoms with Crippen molar-refractivity contribution < 1.29 is 14.4 Å². The summed E-state index contributed by atoms with van der Waals surface area (Å²) in [6.07, 6.45) is 0.109. The van der Waals surface area contributed by atoms with Crippen molar-refractivity contribution in [2.24, 2.45) is 0 Å². The van der Waals surface area contributed by atoms with Gasteiger partial charge in [0, 0.05) is 32.6 Å². The predicted molar refractivity (Wildman–Crippen MR) is 118 cm³/mol. The van der Waals surface area contributed by atoms with Gasteiger partial charge in [0.1, 0.15) is 0 Å². The fourth-order valence-corrected chi connectivity index (χ4v) is 2.68. The Bertz CT molecular complexity index is 855. The Morgan fingerprint density at radius 3 is 2.13 bits per heavy atom. The minimum Gasteiger partial charge on any atom is -0.337 e. The lowest BCUT2D eigenvalue weighted by Gasteiger charge is -2.18. The highest BCUT2D eigenvalue weighted by Gasteiger charge is 2.12. The molecule has 0 aliphatic carbocycles. The van der Waals surface area contributed by atoms with E-state index in [4.69, 9.17) is 0 Å². The molecule has 0 aromatic heterocycles. The molecular weight excluding hydrogens is 382 g/mol. The van der Waals surface area contributed by atoms with Crippen molar-refractivity contribution in [1.29, 1.82) is 0 Å². The summed E-state index contributed by atoms with van der Waals surface area (Å²) in [5, 5.41) is 10.9. The molecule has 0 aliphatic rings. The first-order chi connectivity index (χ1) is 14.3. The van der Waals surface area contributed by atoms with E-state index < -0.39 is 0 Å². The molecule has 0 fully saturated rings. The van der Waals surface area contributed by atoms with Gasteiger partial charge in [0.2, 0.25) is 5.91 Å². The Balaban J connectivity index is 1.79. The lowest BCUT2D eigenvalue weighted by atomic mass is 10.2. The number of para-hydroxylation sites is 2. The minimum absolute atomic E-state index is 0.00427. The molecule has 2 rings (SSSR count). The minimum atomic E-state index is -0.347. The number of rotatable bonds is 8. The second-order valence-electron chi connectivity index (χ2n) is 7.17. The normalized spacial score (nSPS) is 10.3. The Hall–Kier alpha value is -3.55. The molecular formula is C22H29N5O3. The van der Waals surface area contributed by atoms with Crippen LogP contribution in [0.15, 0.2) is 54.6 Å². The maximum Gasteiger partial charge on any atom is 0.319 e. The molecule has 0 saturated carbocycles. The molecule has 0 unspecified atom stereocenters. The van der Waals surface area contributed by atoms with E-state index in [1.165, 1.54) is 0 Å². The zero-order valence-corrected chi connectivity index (χ0v) is 17.6. The van der Waals surface area contributed by atoms with Crippen LogP contribution in [0, 0.1) is 0 Å². The van der Waals surface area contributed by atoms with E-state index in [9.17, 15) is 14.4 Å². The average Bonchev–Trinajstić information content (AvgIpc) is 2.69. The molecule has 30 heavy (non-hydrogen) atoms. The third kappa shape index (κ3) is 7.83. The van der Waals surface area contributed by atoms with E-state index in [0.717, 1.165) is 5.56 Å². The third-order valence-electron chi connectivity index (χ3n) is 4.11. The van der Waals surface area contributed by atoms with Gasteiger partial charge in [0.15, 0.2) is 0 Å². The third-order valence-corrected chi connectivity index (χ3v) is 4.11. The molecule has 0 spiro atoms. The number of urea groups is 2. The van der Waals surface area contributed by atoms with Crippen molar-refractivity contribution in [3.05, 3.63) is 60.2 Å². The lowest BCUT2D eigenvalue weighted by molar-refractivity contribution is -0.116. The van der Waals surface area contributed by atoms with Gasteiger partial charge in [0.05, 0.1) is 11.4 Å². The maximum absolute atomic E-state index is 12.3. The standard InChI is InChI=1S/C22H29N5O3/c1-16(2)24-21(29)26-19-12-8-7-11-18(19)25-20(28)13-14-23-22(30)27(3)15-17-9-5-4-6-10-17/h4-12,16H,13-15H2,1-3H3,(H,23,30)(H,25,28)(H2,24,26,29). The zero-order chi connectivity index (χ0) is 21.9. The number of hydrogen-bond donors (Lipinski definition) is 4. The van der Waals surface area contributed by atoms with E-state index in [2.05, 4.69) is 21.3 Å². The number of benzene rings is 2. The van der Waals surface area contributed by atoms with E-state index in [-0.39, 0.29) is 37.0 Å². The smallest absolute Gasteiger partial charge is 0.319 e. The highest BCUT2D eigenvalue weighted by Crippen LogP contribution is 2.21. The number of carbonyl (C=O) groups excluding carboxylic acids is 3. The second-order valence-corrected chi connectivity index (χ2v) is 7.17. The van der Waals surface area contributed by atoms with Gasteiger partial charge in [-0.25, -0.2) is 9.59 Å². The summed E-state index contributed by atoms with van der Waals surface area (Å²) >= 11 is 0. The van der Waals surface area contributed by atoms with Gasteiger partial charge < -0.3 is 26.2 Å². The van der Waals surface area contributed by atoms with Gasteiger partial charge in [-0.1, -0.05) is 42.5 Å². The van der Waals surface area contributed by atoms with Gasteiger partial charge in [-0.3, -0.25) is 4.79 Å². The number of nitrogens with zero attached hydrogens (tertiary/aromatic N) is 1. The average molecular weight is 412 g/mol. The quantitative estimate of drug-likeness (QED) is 0.535. The number of amides is 5. The lowest BCUT2D eigenvalue weighted by Crippen LogP contribution is -2.38. The molecule has 8 heteroatoms. The van der Waals surface area contributed by atoms with E-state index in [0.29, 0.717) is 17.9 Å². The molecule has 0 radical (unpaired) electrons. The number of nitrogens with one attached hydrogen (secondary N) is 4. The zero-order valence-electron chi connectivity index (χ0n) is 17.6. The first-order valence-electron chi connectivity index (χ1n) is 9.84. The van der Waals surface area contributed by atoms with Crippen LogP contribution in [0.3, 0.4) is 0 Å². The molecule has 4 N–H and O–H groups in total. The fourth-order valence-electron chi connectivity index (χ4n) is 2.68. The van der Waals surface area contributed by atoms with Gasteiger partial charge in [-0.2, -0.15) is 0 Å². The largest absolute Gasteiger partial charge is 0.337 e. The monoisotopic (exact) mass is 411 g/mol. The Morgan fingerprint density at radius 1 is 0.900 bits per heavy atom. The highest BCUT2D eigenvalue weighted by atomic mass is 16.2. The number of carbonyl (C=O) groups is 3. The highest BCUT2D eigenvalue weighted by molar-refractivity contribution is 5.99. The molecule has 0 heterocycles. The van der Waals surface area contributed by atoms with Crippen molar-refractivity contribution >= 4 is 29.3 Å². The van der Waals surface area contributed by atoms with Gasteiger partial charge >= 0.3 is 12.1 Å². The van der Waals surface area contributed by atoms with Crippen LogP contribution in [-0.4, -0.2) is 42.5 Å². The summed E-state index contributed by atoms with van der Waals surface area (Å²) in [5.74, 6) is -0.264. The van der Waals surface area contributed by atoms with Crippen LogP contribution in [0.1, 0.15) is 25.8 Å². The fraction of sp³-hybridized carbons (Fsp3) is 0.318. The van der Waals surface area contributed by atoms with Crippen LogP contribution >= 0.6 is 0 Å². The molecule has 8 nitrogen and oxygen atoms in total. The van der Waals surface area contributed by atoms with Crippen LogP contribution in [0.5, 0.6) is 0 Å². The van der Waals surface area contributed by atoms with Crippen molar-refractivity contribution in [1.82, 2.24) is 15.5 Å². The summed E-state index contributed by atoms with van der Waals surface area (Å²) in [6, 6.07) is 16.0. The van der Waals surface area contributed by atoms with Crippen LogP contribution in [0.4, 0.5) is 21.0 Å². The van der Waals surface area contributed by atoms with E-state index in [1.807, 2.05) is 44.2 Å². The van der Waals surface area contributed by atoms with Crippen LogP contribution in [0.25, 0.3) is 0 Å². The summed E-state index contributed by atoms with van der Waals surface area (Å²) < 4.78 is 0. The first kappa shape index (κ1) is 22.7. The SMILES string of the molecule is CC(C)NC(=O)Nc1ccccc1NC(=O)CCNC(=O)N(C)Cc1ccccc1. The second kappa shape index (κ2) is 11.5. The van der Waals surface area contributed by atoms with Gasteiger partial charge in [0.25, 0.3) is 0 Å². The summed E-state index contributed by atoms with van der Waals surface area (Å²) in [6.45, 7) is 4.40. The molecule has 0 saturated heterocycles. The maximum atomic E-state index is 12.3. The molecule has 160 valence electrons. The summed E-state index contributed by atoms with van der Waals surface area (Å²) in [7, 11) is 1.70. The van der Waals surface area contributed by atoms with E-state index in [1.54, 1.807) is 36.2 Å². The molecule has 0 aliphatic heterocycles. The van der Waals surface area contributed by atoms with Crippen molar-refractivity contribution in [3.63, 3.8) is 0 Å². The molecule has 5 amide bonds. The van der Waals surface area contributed by atoms with Crippen molar-refractivity contribution in [2.75, 3.05) is 24.2 Å². The summed E-state index contributed by atoms with van der Waals surface area (Å²) in [4.78, 5) is 37.9. The Labute approximate surface area is 177 Å². The first-order valence-corrected chi connectivity index (χ1v) is 9.84. The molecule has 0 atom stereocenters. The van der Waals surface area contributed by atoms with Crippen LogP contribution < -0.4 is 21.3 Å².